The zero-order chi connectivity index (χ0) is 17.4. The predicted octanol–water partition coefficient (Wildman–Crippen LogP) is 0.699. The number of rotatable bonds is 8. The summed E-state index contributed by atoms with van der Waals surface area (Å²) >= 11 is 0. The molecule has 1 aromatic carbocycles. The van der Waals surface area contributed by atoms with Crippen molar-refractivity contribution in [3.05, 3.63) is 29.8 Å². The van der Waals surface area contributed by atoms with Gasteiger partial charge in [0, 0.05) is 31.9 Å². The van der Waals surface area contributed by atoms with E-state index >= 15 is 0 Å². The van der Waals surface area contributed by atoms with Crippen molar-refractivity contribution in [2.45, 2.75) is 19.4 Å². The first kappa shape index (κ1) is 18.4. The number of benzene rings is 1. The molecular weight excluding hydrogens is 310 g/mol. The summed E-state index contributed by atoms with van der Waals surface area (Å²) in [7, 11) is 0. The third kappa shape index (κ3) is 6.27. The monoisotopic (exact) mass is 335 g/mol. The second-order valence-electron chi connectivity index (χ2n) is 5.92. The van der Waals surface area contributed by atoms with Crippen LogP contribution in [0.1, 0.15) is 12.0 Å². The van der Waals surface area contributed by atoms with Gasteiger partial charge in [-0.15, -0.1) is 0 Å². The summed E-state index contributed by atoms with van der Waals surface area (Å²) in [5, 5.41) is 15.0. The van der Waals surface area contributed by atoms with Gasteiger partial charge < -0.3 is 20.5 Å². The topological polar surface area (TPSA) is 90.9 Å². The van der Waals surface area contributed by atoms with Crippen LogP contribution < -0.4 is 10.6 Å². The molecule has 0 saturated carbocycles. The maximum atomic E-state index is 12.1. The Bertz CT molecular complexity index is 559. The molecule has 1 aliphatic rings. The zero-order valence-electron chi connectivity index (χ0n) is 14.0. The highest BCUT2D eigenvalue weighted by Gasteiger charge is 2.21. The summed E-state index contributed by atoms with van der Waals surface area (Å²) in [5.41, 5.74) is 1.71. The van der Waals surface area contributed by atoms with Crippen LogP contribution in [-0.4, -0.2) is 67.3 Å². The Morgan fingerprint density at radius 1 is 1.33 bits per heavy atom. The fourth-order valence-electron chi connectivity index (χ4n) is 2.59. The number of carboxylic acids is 1. The fourth-order valence-corrected chi connectivity index (χ4v) is 2.59. The molecule has 1 amide bonds. The van der Waals surface area contributed by atoms with Gasteiger partial charge >= 0.3 is 5.97 Å². The van der Waals surface area contributed by atoms with E-state index < -0.39 is 12.0 Å². The van der Waals surface area contributed by atoms with Crippen molar-refractivity contribution in [3.8, 4) is 0 Å². The van der Waals surface area contributed by atoms with Gasteiger partial charge in [-0.3, -0.25) is 14.5 Å². The van der Waals surface area contributed by atoms with Crippen LogP contribution in [0.2, 0.25) is 0 Å². The van der Waals surface area contributed by atoms with Crippen LogP contribution in [-0.2, 0) is 14.3 Å². The molecule has 1 saturated heterocycles. The highest BCUT2D eigenvalue weighted by molar-refractivity contribution is 5.94. The Labute approximate surface area is 142 Å². The van der Waals surface area contributed by atoms with E-state index in [0.29, 0.717) is 25.4 Å². The van der Waals surface area contributed by atoms with E-state index in [-0.39, 0.29) is 12.3 Å². The highest BCUT2D eigenvalue weighted by atomic mass is 16.5. The van der Waals surface area contributed by atoms with Crippen LogP contribution in [0.3, 0.4) is 0 Å². The van der Waals surface area contributed by atoms with E-state index in [1.54, 1.807) is 6.07 Å². The first-order valence-electron chi connectivity index (χ1n) is 8.17. The van der Waals surface area contributed by atoms with Gasteiger partial charge in [0.15, 0.2) is 0 Å². The van der Waals surface area contributed by atoms with Crippen molar-refractivity contribution in [3.63, 3.8) is 0 Å². The van der Waals surface area contributed by atoms with E-state index in [9.17, 15) is 14.7 Å². The van der Waals surface area contributed by atoms with Gasteiger partial charge in [-0.25, -0.2) is 0 Å². The van der Waals surface area contributed by atoms with E-state index in [0.717, 1.165) is 25.2 Å². The number of nitrogens with one attached hydrogen (secondary N) is 2. The third-order valence-corrected chi connectivity index (χ3v) is 3.91. The molecule has 7 heteroatoms. The lowest BCUT2D eigenvalue weighted by atomic mass is 10.1. The van der Waals surface area contributed by atoms with Crippen LogP contribution in [0, 0.1) is 6.92 Å². The van der Waals surface area contributed by atoms with Crippen molar-refractivity contribution in [2.24, 2.45) is 0 Å². The van der Waals surface area contributed by atoms with Crippen molar-refractivity contribution in [1.29, 1.82) is 0 Å². The summed E-state index contributed by atoms with van der Waals surface area (Å²) < 4.78 is 5.27. The second kappa shape index (κ2) is 9.36. The minimum atomic E-state index is -1.02. The number of anilines is 1. The van der Waals surface area contributed by atoms with Gasteiger partial charge in [-0.05, 0) is 24.6 Å². The normalized spacial score (nSPS) is 16.5. The van der Waals surface area contributed by atoms with Crippen molar-refractivity contribution >= 4 is 17.6 Å². The quantitative estimate of drug-likeness (QED) is 0.648. The van der Waals surface area contributed by atoms with Gasteiger partial charge in [-0.2, -0.15) is 0 Å². The highest BCUT2D eigenvalue weighted by Crippen LogP contribution is 2.10. The Morgan fingerprint density at radius 3 is 2.75 bits per heavy atom. The van der Waals surface area contributed by atoms with Gasteiger partial charge in [0.25, 0.3) is 0 Å². The summed E-state index contributed by atoms with van der Waals surface area (Å²) in [4.78, 5) is 25.6. The molecule has 0 aliphatic carbocycles. The Morgan fingerprint density at radius 2 is 2.08 bits per heavy atom. The Kier molecular flexibility index (Phi) is 7.17. The summed E-state index contributed by atoms with van der Waals surface area (Å²) in [5.74, 6) is -1.33. The molecule has 0 radical (unpaired) electrons. The average Bonchev–Trinajstić information content (AvgIpc) is 2.54. The van der Waals surface area contributed by atoms with Crippen molar-refractivity contribution in [1.82, 2.24) is 10.2 Å². The number of carboxylic acid groups (broad SMARTS) is 1. The minimum Gasteiger partial charge on any atom is -0.480 e. The van der Waals surface area contributed by atoms with E-state index in [1.807, 2.05) is 25.1 Å². The molecule has 1 aromatic rings. The van der Waals surface area contributed by atoms with Crippen LogP contribution in [0.5, 0.6) is 0 Å². The largest absolute Gasteiger partial charge is 0.480 e. The number of nitrogens with zero attached hydrogens (tertiary/aromatic N) is 1. The average molecular weight is 335 g/mol. The number of aliphatic carboxylic acids is 1. The predicted molar refractivity (Wildman–Crippen MR) is 91.1 cm³/mol. The van der Waals surface area contributed by atoms with Gasteiger partial charge in [0.1, 0.15) is 6.04 Å². The van der Waals surface area contributed by atoms with Gasteiger partial charge in [0.05, 0.1) is 19.6 Å². The fraction of sp³-hybridized carbons (Fsp3) is 0.529. The molecule has 0 spiro atoms. The van der Waals surface area contributed by atoms with Crippen molar-refractivity contribution < 1.29 is 19.4 Å². The lowest BCUT2D eigenvalue weighted by Gasteiger charge is -2.27. The van der Waals surface area contributed by atoms with E-state index in [4.69, 9.17) is 4.74 Å². The van der Waals surface area contributed by atoms with E-state index in [2.05, 4.69) is 15.5 Å². The number of amides is 1. The SMILES string of the molecule is Cc1cccc(NC(=O)C[C@@H](NCCN2CCOCC2)C(=O)O)c1. The molecule has 1 heterocycles. The standard InChI is InChI=1S/C17H25N3O4/c1-13-3-2-4-14(11-13)19-16(21)12-15(17(22)23)18-5-6-20-7-9-24-10-8-20/h2-4,11,15,18H,5-10,12H2,1H3,(H,19,21)(H,22,23)/t15-/m1/s1. The molecule has 7 nitrogen and oxygen atoms in total. The second-order valence-corrected chi connectivity index (χ2v) is 5.92. The molecule has 0 bridgehead atoms. The molecule has 132 valence electrons. The first-order chi connectivity index (χ1) is 11.5. The molecular formula is C17H25N3O4. The number of morpholine rings is 1. The number of carbonyl (C=O) groups excluding carboxylic acids is 1. The molecule has 0 unspecified atom stereocenters. The van der Waals surface area contributed by atoms with Crippen molar-refractivity contribution in [2.75, 3.05) is 44.7 Å². The van der Waals surface area contributed by atoms with Crippen LogP contribution >= 0.6 is 0 Å². The minimum absolute atomic E-state index is 0.105. The number of hydrogen-bond donors (Lipinski definition) is 3. The maximum absolute atomic E-state index is 12.1. The summed E-state index contributed by atoms with van der Waals surface area (Å²) in [6.45, 7) is 6.33. The molecule has 2 rings (SSSR count). The maximum Gasteiger partial charge on any atom is 0.321 e. The third-order valence-electron chi connectivity index (χ3n) is 3.91. The van der Waals surface area contributed by atoms with Gasteiger partial charge in [-0.1, -0.05) is 12.1 Å². The number of hydrogen-bond acceptors (Lipinski definition) is 5. The lowest BCUT2D eigenvalue weighted by molar-refractivity contribution is -0.141. The number of carbonyl (C=O) groups is 2. The van der Waals surface area contributed by atoms with Crippen LogP contribution in [0.4, 0.5) is 5.69 Å². The van der Waals surface area contributed by atoms with Crippen LogP contribution in [0.15, 0.2) is 24.3 Å². The van der Waals surface area contributed by atoms with E-state index in [1.165, 1.54) is 0 Å². The number of ether oxygens (including phenoxy) is 1. The number of aryl methyl sites for hydroxylation is 1. The van der Waals surface area contributed by atoms with Crippen LogP contribution in [0.25, 0.3) is 0 Å². The van der Waals surface area contributed by atoms with Gasteiger partial charge in [0.2, 0.25) is 5.91 Å². The molecule has 0 aromatic heterocycles. The molecule has 1 aliphatic heterocycles. The molecule has 1 atom stereocenters. The molecule has 24 heavy (non-hydrogen) atoms. The Hall–Kier alpha value is -1.96. The lowest BCUT2D eigenvalue weighted by Crippen LogP contribution is -2.45. The first-order valence-corrected chi connectivity index (χ1v) is 8.17. The zero-order valence-corrected chi connectivity index (χ0v) is 14.0. The molecule has 1 fully saturated rings. The summed E-state index contributed by atoms with van der Waals surface area (Å²) in [6.07, 6.45) is -0.105. The summed E-state index contributed by atoms with van der Waals surface area (Å²) in [6, 6.07) is 6.52. The Balaban J connectivity index is 1.77. The smallest absolute Gasteiger partial charge is 0.321 e. The molecule has 3 N–H and O–H groups in total.